The summed E-state index contributed by atoms with van der Waals surface area (Å²) in [7, 11) is 0. The molecule has 1 aliphatic heterocycles. The highest BCUT2D eigenvalue weighted by Gasteiger charge is 2.20. The minimum atomic E-state index is 0.919. The Morgan fingerprint density at radius 3 is 1.95 bits per heavy atom. The number of unbranched alkanes of at least 4 members (excludes halogenated alkanes) is 9. The molecule has 1 rings (SSSR count). The van der Waals surface area contributed by atoms with E-state index in [0.717, 1.165) is 6.04 Å². The monoisotopic (exact) mass is 295 g/mol. The summed E-state index contributed by atoms with van der Waals surface area (Å²) in [5.74, 6) is 0. The van der Waals surface area contributed by atoms with Gasteiger partial charge >= 0.3 is 0 Å². The zero-order valence-corrected chi connectivity index (χ0v) is 15.0. The number of likely N-dealkylation sites (tertiary alicyclic amines) is 1. The zero-order chi connectivity index (χ0) is 15.2. The zero-order valence-electron chi connectivity index (χ0n) is 15.0. The third-order valence-corrected chi connectivity index (χ3v) is 5.17. The molecule has 1 aliphatic rings. The van der Waals surface area contributed by atoms with Gasteiger partial charge in [-0.05, 0) is 38.8 Å². The van der Waals surface area contributed by atoms with Crippen molar-refractivity contribution in [3.8, 4) is 0 Å². The van der Waals surface area contributed by atoms with Crippen LogP contribution in [-0.4, -0.2) is 24.0 Å². The Kier molecular flexibility index (Phi) is 12.3. The van der Waals surface area contributed by atoms with Gasteiger partial charge in [0.2, 0.25) is 0 Å². The van der Waals surface area contributed by atoms with Crippen LogP contribution in [0.2, 0.25) is 0 Å². The second-order valence-electron chi connectivity index (χ2n) is 7.16. The third-order valence-electron chi connectivity index (χ3n) is 5.17. The fraction of sp³-hybridized carbons (Fsp3) is 1.00. The first-order valence-electron chi connectivity index (χ1n) is 10.1. The van der Waals surface area contributed by atoms with Crippen LogP contribution < -0.4 is 0 Å². The average molecular weight is 296 g/mol. The maximum absolute atomic E-state index is 2.80. The largest absolute Gasteiger partial charge is 0.300 e. The molecule has 0 amide bonds. The van der Waals surface area contributed by atoms with E-state index in [9.17, 15) is 0 Å². The molecule has 0 aliphatic carbocycles. The van der Waals surface area contributed by atoms with Crippen LogP contribution in [0.15, 0.2) is 0 Å². The van der Waals surface area contributed by atoms with Crippen LogP contribution >= 0.6 is 0 Å². The van der Waals surface area contributed by atoms with Gasteiger partial charge in [0.1, 0.15) is 0 Å². The van der Waals surface area contributed by atoms with Gasteiger partial charge in [0.05, 0.1) is 0 Å². The average Bonchev–Trinajstić information content (AvgIpc) is 2.51. The number of piperidine rings is 1. The SMILES string of the molecule is CCCCCCCCCCCCN1CCCCC1CCC. The lowest BCUT2D eigenvalue weighted by atomic mass is 9.97. The van der Waals surface area contributed by atoms with E-state index in [4.69, 9.17) is 0 Å². The summed E-state index contributed by atoms with van der Waals surface area (Å²) in [5.41, 5.74) is 0. The topological polar surface area (TPSA) is 3.24 Å². The Balaban J connectivity index is 1.91. The van der Waals surface area contributed by atoms with Gasteiger partial charge < -0.3 is 4.90 Å². The van der Waals surface area contributed by atoms with Crippen molar-refractivity contribution < 1.29 is 0 Å². The maximum atomic E-state index is 2.80. The van der Waals surface area contributed by atoms with Gasteiger partial charge in [-0.25, -0.2) is 0 Å². The van der Waals surface area contributed by atoms with E-state index in [1.54, 1.807) is 0 Å². The minimum absolute atomic E-state index is 0.919. The van der Waals surface area contributed by atoms with E-state index in [-0.39, 0.29) is 0 Å². The highest BCUT2D eigenvalue weighted by Crippen LogP contribution is 2.21. The van der Waals surface area contributed by atoms with E-state index in [1.807, 2.05) is 0 Å². The molecule has 1 unspecified atom stereocenters. The third kappa shape index (κ3) is 9.55. The molecule has 1 atom stereocenters. The van der Waals surface area contributed by atoms with Crippen molar-refractivity contribution in [2.75, 3.05) is 13.1 Å². The van der Waals surface area contributed by atoms with Gasteiger partial charge in [0.25, 0.3) is 0 Å². The lowest BCUT2D eigenvalue weighted by Crippen LogP contribution is -2.39. The summed E-state index contributed by atoms with van der Waals surface area (Å²) in [4.78, 5) is 2.80. The van der Waals surface area contributed by atoms with Crippen LogP contribution in [-0.2, 0) is 0 Å². The van der Waals surface area contributed by atoms with Crippen molar-refractivity contribution in [1.29, 1.82) is 0 Å². The van der Waals surface area contributed by atoms with Crippen molar-refractivity contribution in [2.24, 2.45) is 0 Å². The molecule has 0 bridgehead atoms. The summed E-state index contributed by atoms with van der Waals surface area (Å²) < 4.78 is 0. The van der Waals surface area contributed by atoms with Crippen LogP contribution in [0.3, 0.4) is 0 Å². The van der Waals surface area contributed by atoms with Gasteiger partial charge in [-0.2, -0.15) is 0 Å². The molecule has 1 fully saturated rings. The highest BCUT2D eigenvalue weighted by molar-refractivity contribution is 4.76. The molecule has 0 spiro atoms. The normalized spacial score (nSPS) is 20.0. The van der Waals surface area contributed by atoms with Crippen LogP contribution in [0.1, 0.15) is 110 Å². The first kappa shape index (κ1) is 19.0. The van der Waals surface area contributed by atoms with Crippen molar-refractivity contribution >= 4 is 0 Å². The number of nitrogens with zero attached hydrogens (tertiary/aromatic N) is 1. The molecule has 0 saturated carbocycles. The van der Waals surface area contributed by atoms with Gasteiger partial charge in [-0.15, -0.1) is 0 Å². The van der Waals surface area contributed by atoms with Crippen molar-refractivity contribution in [2.45, 2.75) is 116 Å². The first-order valence-corrected chi connectivity index (χ1v) is 10.1. The van der Waals surface area contributed by atoms with Gasteiger partial charge in [0, 0.05) is 6.04 Å². The lowest BCUT2D eigenvalue weighted by Gasteiger charge is -2.35. The molecule has 1 saturated heterocycles. The Bertz CT molecular complexity index is 212. The molecule has 0 aromatic rings. The predicted molar refractivity (Wildman–Crippen MR) is 96.0 cm³/mol. The van der Waals surface area contributed by atoms with Gasteiger partial charge in [-0.3, -0.25) is 0 Å². The molecule has 0 radical (unpaired) electrons. The molecule has 21 heavy (non-hydrogen) atoms. The first-order chi connectivity index (χ1) is 10.4. The standard InChI is InChI=1S/C20H41N/c1-3-5-6-7-8-9-10-11-12-14-18-21-19-15-13-17-20(21)16-4-2/h20H,3-19H2,1-2H3. The summed E-state index contributed by atoms with van der Waals surface area (Å²) in [6, 6.07) is 0.919. The Morgan fingerprint density at radius 1 is 0.714 bits per heavy atom. The van der Waals surface area contributed by atoms with Gasteiger partial charge in [-0.1, -0.05) is 84.5 Å². The fourth-order valence-corrected chi connectivity index (χ4v) is 3.82. The summed E-state index contributed by atoms with van der Waals surface area (Å²) in [6.07, 6.45) is 21.7. The summed E-state index contributed by atoms with van der Waals surface area (Å²) in [6.45, 7) is 7.39. The van der Waals surface area contributed by atoms with Crippen LogP contribution in [0, 0.1) is 0 Å². The second kappa shape index (κ2) is 13.6. The molecule has 1 heterocycles. The maximum Gasteiger partial charge on any atom is 0.00951 e. The molecular formula is C20H41N. The van der Waals surface area contributed by atoms with Gasteiger partial charge in [0.15, 0.2) is 0 Å². The Morgan fingerprint density at radius 2 is 1.33 bits per heavy atom. The fourth-order valence-electron chi connectivity index (χ4n) is 3.82. The Labute approximate surface area is 134 Å². The Hall–Kier alpha value is -0.0400. The van der Waals surface area contributed by atoms with Crippen LogP contribution in [0.25, 0.3) is 0 Å². The van der Waals surface area contributed by atoms with Crippen molar-refractivity contribution in [3.05, 3.63) is 0 Å². The number of rotatable bonds is 13. The van der Waals surface area contributed by atoms with E-state index < -0.39 is 0 Å². The molecular weight excluding hydrogens is 254 g/mol. The molecule has 1 heteroatoms. The quantitative estimate of drug-likeness (QED) is 0.348. The molecule has 0 N–H and O–H groups in total. The molecule has 126 valence electrons. The molecule has 0 aromatic heterocycles. The van der Waals surface area contributed by atoms with E-state index >= 15 is 0 Å². The highest BCUT2D eigenvalue weighted by atomic mass is 15.2. The van der Waals surface area contributed by atoms with E-state index in [1.165, 1.54) is 109 Å². The smallest absolute Gasteiger partial charge is 0.00951 e. The second-order valence-corrected chi connectivity index (χ2v) is 7.16. The molecule has 0 aromatic carbocycles. The molecule has 1 nitrogen and oxygen atoms in total. The lowest BCUT2D eigenvalue weighted by molar-refractivity contribution is 0.136. The number of hydrogen-bond donors (Lipinski definition) is 0. The van der Waals surface area contributed by atoms with Crippen molar-refractivity contribution in [1.82, 2.24) is 4.90 Å². The van der Waals surface area contributed by atoms with Crippen LogP contribution in [0.5, 0.6) is 0 Å². The minimum Gasteiger partial charge on any atom is -0.300 e. The van der Waals surface area contributed by atoms with E-state index in [2.05, 4.69) is 18.7 Å². The number of hydrogen-bond acceptors (Lipinski definition) is 1. The predicted octanol–water partition coefficient (Wildman–Crippen LogP) is 6.56. The van der Waals surface area contributed by atoms with Crippen molar-refractivity contribution in [3.63, 3.8) is 0 Å². The van der Waals surface area contributed by atoms with Crippen LogP contribution in [0.4, 0.5) is 0 Å². The summed E-state index contributed by atoms with van der Waals surface area (Å²) in [5, 5.41) is 0. The summed E-state index contributed by atoms with van der Waals surface area (Å²) >= 11 is 0. The van der Waals surface area contributed by atoms with E-state index in [0.29, 0.717) is 0 Å².